The van der Waals surface area contributed by atoms with Crippen molar-refractivity contribution in [1.82, 2.24) is 5.32 Å². The number of piperazine rings is 1. The van der Waals surface area contributed by atoms with Crippen LogP contribution < -0.4 is 15.0 Å². The molecule has 1 N–H and O–H groups in total. The molecule has 4 heteroatoms. The zero-order valence-electron chi connectivity index (χ0n) is 13.5. The highest BCUT2D eigenvalue weighted by Gasteiger charge is 2.28. The van der Waals surface area contributed by atoms with Crippen molar-refractivity contribution in [2.24, 2.45) is 5.92 Å². The summed E-state index contributed by atoms with van der Waals surface area (Å²) in [5.41, 5.74) is 1.25. The molecule has 21 heavy (non-hydrogen) atoms. The van der Waals surface area contributed by atoms with E-state index < -0.39 is 0 Å². The van der Waals surface area contributed by atoms with Crippen LogP contribution in [0.15, 0.2) is 22.7 Å². The van der Waals surface area contributed by atoms with Crippen LogP contribution in [0.1, 0.15) is 33.6 Å². The highest BCUT2D eigenvalue weighted by atomic mass is 79.9. The molecule has 3 nitrogen and oxygen atoms in total. The van der Waals surface area contributed by atoms with Crippen LogP contribution >= 0.6 is 15.9 Å². The summed E-state index contributed by atoms with van der Waals surface area (Å²) in [5.74, 6) is 1.64. The Morgan fingerprint density at radius 3 is 2.81 bits per heavy atom. The molecule has 0 aromatic heterocycles. The average molecular weight is 355 g/mol. The maximum atomic E-state index is 5.40. The number of nitrogens with zero attached hydrogens (tertiary/aromatic N) is 1. The number of hydrogen-bond donors (Lipinski definition) is 1. The van der Waals surface area contributed by atoms with Gasteiger partial charge in [-0.2, -0.15) is 0 Å². The predicted octanol–water partition coefficient (Wildman–Crippen LogP) is 4.06. The minimum Gasteiger partial charge on any atom is -0.497 e. The van der Waals surface area contributed by atoms with Gasteiger partial charge in [0.15, 0.2) is 0 Å². The number of methoxy groups -OCH3 is 1. The van der Waals surface area contributed by atoms with Gasteiger partial charge in [0.25, 0.3) is 0 Å². The summed E-state index contributed by atoms with van der Waals surface area (Å²) in [7, 11) is 1.73. The van der Waals surface area contributed by atoms with Gasteiger partial charge in [-0.15, -0.1) is 0 Å². The summed E-state index contributed by atoms with van der Waals surface area (Å²) >= 11 is 3.71. The first kappa shape index (κ1) is 16.6. The van der Waals surface area contributed by atoms with Crippen molar-refractivity contribution in [2.45, 2.75) is 45.7 Å². The Labute approximate surface area is 137 Å². The SMILES string of the molecule is CCC1CNC(CC(C)C)CN1c1cc(OC)ccc1Br. The Hall–Kier alpha value is -0.740. The Bertz CT molecular complexity index is 464. The molecule has 1 aliphatic heterocycles. The molecule has 1 saturated heterocycles. The molecule has 0 radical (unpaired) electrons. The predicted molar refractivity (Wildman–Crippen MR) is 93.4 cm³/mol. The fraction of sp³-hybridized carbons (Fsp3) is 0.647. The fourth-order valence-electron chi connectivity index (χ4n) is 3.09. The number of ether oxygens (including phenoxy) is 1. The number of rotatable bonds is 5. The van der Waals surface area contributed by atoms with E-state index in [1.54, 1.807) is 7.11 Å². The lowest BCUT2D eigenvalue weighted by molar-refractivity contribution is 0.342. The van der Waals surface area contributed by atoms with Gasteiger partial charge < -0.3 is 15.0 Å². The van der Waals surface area contributed by atoms with Crippen molar-refractivity contribution in [2.75, 3.05) is 25.1 Å². The molecule has 1 aromatic carbocycles. The molecule has 0 amide bonds. The third kappa shape index (κ3) is 4.13. The van der Waals surface area contributed by atoms with Gasteiger partial charge >= 0.3 is 0 Å². The molecule has 0 bridgehead atoms. The van der Waals surface area contributed by atoms with Gasteiger partial charge in [0.05, 0.1) is 12.8 Å². The molecule has 2 unspecified atom stereocenters. The second kappa shape index (κ2) is 7.50. The number of hydrogen-bond acceptors (Lipinski definition) is 3. The number of halogens is 1. The van der Waals surface area contributed by atoms with E-state index in [0.29, 0.717) is 12.1 Å². The van der Waals surface area contributed by atoms with E-state index in [1.165, 1.54) is 12.1 Å². The molecule has 1 aliphatic rings. The molecular formula is C17H27BrN2O. The van der Waals surface area contributed by atoms with E-state index in [2.05, 4.69) is 59.1 Å². The molecular weight excluding hydrogens is 328 g/mol. The van der Waals surface area contributed by atoms with E-state index in [1.807, 2.05) is 6.07 Å². The zero-order chi connectivity index (χ0) is 15.4. The molecule has 0 aliphatic carbocycles. The number of benzene rings is 1. The normalized spacial score (nSPS) is 22.7. The van der Waals surface area contributed by atoms with Gasteiger partial charge in [-0.25, -0.2) is 0 Å². The Balaban J connectivity index is 2.24. The van der Waals surface area contributed by atoms with Crippen LogP contribution in [0.4, 0.5) is 5.69 Å². The molecule has 1 aromatic rings. The zero-order valence-corrected chi connectivity index (χ0v) is 15.1. The van der Waals surface area contributed by atoms with Gasteiger partial charge in [-0.05, 0) is 46.8 Å². The fourth-order valence-corrected chi connectivity index (χ4v) is 3.56. The standard InChI is InChI=1S/C17H27BrN2O/c1-5-14-10-19-13(8-12(2)3)11-20(14)17-9-15(21-4)6-7-16(17)18/h6-7,9,12-14,19H,5,8,10-11H2,1-4H3. The van der Waals surface area contributed by atoms with Crippen molar-refractivity contribution in [3.8, 4) is 5.75 Å². The van der Waals surface area contributed by atoms with Gasteiger partial charge in [0.2, 0.25) is 0 Å². The van der Waals surface area contributed by atoms with Gasteiger partial charge in [0.1, 0.15) is 5.75 Å². The lowest BCUT2D eigenvalue weighted by Crippen LogP contribution is -2.56. The van der Waals surface area contributed by atoms with E-state index in [4.69, 9.17) is 4.74 Å². The second-order valence-corrected chi connectivity index (χ2v) is 7.12. The minimum absolute atomic E-state index is 0.539. The molecule has 1 fully saturated rings. The monoisotopic (exact) mass is 354 g/mol. The van der Waals surface area contributed by atoms with Crippen molar-refractivity contribution in [3.05, 3.63) is 22.7 Å². The third-order valence-electron chi connectivity index (χ3n) is 4.19. The average Bonchev–Trinajstić information content (AvgIpc) is 2.47. The first-order chi connectivity index (χ1) is 10.0. The topological polar surface area (TPSA) is 24.5 Å². The van der Waals surface area contributed by atoms with E-state index in [9.17, 15) is 0 Å². The van der Waals surface area contributed by atoms with Crippen molar-refractivity contribution in [1.29, 1.82) is 0 Å². The van der Waals surface area contributed by atoms with Crippen LogP contribution in [0.3, 0.4) is 0 Å². The first-order valence-corrected chi connectivity index (χ1v) is 8.68. The highest BCUT2D eigenvalue weighted by molar-refractivity contribution is 9.10. The van der Waals surface area contributed by atoms with E-state index in [0.717, 1.165) is 35.7 Å². The van der Waals surface area contributed by atoms with Crippen LogP contribution in [-0.4, -0.2) is 32.3 Å². The lowest BCUT2D eigenvalue weighted by atomic mass is 9.98. The quantitative estimate of drug-likeness (QED) is 0.862. The molecule has 118 valence electrons. The molecule has 0 spiro atoms. The summed E-state index contributed by atoms with van der Waals surface area (Å²) in [4.78, 5) is 2.54. The summed E-state index contributed by atoms with van der Waals surface area (Å²) in [5, 5.41) is 3.71. The van der Waals surface area contributed by atoms with Crippen molar-refractivity contribution >= 4 is 21.6 Å². The molecule has 0 saturated carbocycles. The second-order valence-electron chi connectivity index (χ2n) is 6.27. The summed E-state index contributed by atoms with van der Waals surface area (Å²) in [6.45, 7) is 8.95. The van der Waals surface area contributed by atoms with Crippen LogP contribution in [0.5, 0.6) is 5.75 Å². The van der Waals surface area contributed by atoms with Gasteiger partial charge in [-0.1, -0.05) is 20.8 Å². The maximum absolute atomic E-state index is 5.40. The molecule has 2 atom stereocenters. The minimum atomic E-state index is 0.539. The summed E-state index contributed by atoms with van der Waals surface area (Å²) in [6.07, 6.45) is 2.36. The highest BCUT2D eigenvalue weighted by Crippen LogP contribution is 2.33. The van der Waals surface area contributed by atoms with Crippen LogP contribution in [0, 0.1) is 5.92 Å². The van der Waals surface area contributed by atoms with E-state index in [-0.39, 0.29) is 0 Å². The first-order valence-electron chi connectivity index (χ1n) is 7.88. The summed E-state index contributed by atoms with van der Waals surface area (Å²) < 4.78 is 6.54. The van der Waals surface area contributed by atoms with Gasteiger partial charge in [0, 0.05) is 35.7 Å². The van der Waals surface area contributed by atoms with Crippen LogP contribution in [0.2, 0.25) is 0 Å². The third-order valence-corrected chi connectivity index (χ3v) is 4.86. The molecule has 1 heterocycles. The number of nitrogens with one attached hydrogen (secondary N) is 1. The van der Waals surface area contributed by atoms with E-state index >= 15 is 0 Å². The van der Waals surface area contributed by atoms with Crippen LogP contribution in [0.25, 0.3) is 0 Å². The van der Waals surface area contributed by atoms with Gasteiger partial charge in [-0.3, -0.25) is 0 Å². The smallest absolute Gasteiger partial charge is 0.121 e. The Kier molecular flexibility index (Phi) is 5.94. The Morgan fingerprint density at radius 2 is 2.19 bits per heavy atom. The Morgan fingerprint density at radius 1 is 1.43 bits per heavy atom. The molecule has 2 rings (SSSR count). The maximum Gasteiger partial charge on any atom is 0.121 e. The lowest BCUT2D eigenvalue weighted by Gasteiger charge is -2.42. The number of anilines is 1. The van der Waals surface area contributed by atoms with Crippen LogP contribution in [-0.2, 0) is 0 Å². The van der Waals surface area contributed by atoms with Crippen molar-refractivity contribution in [3.63, 3.8) is 0 Å². The van der Waals surface area contributed by atoms with Crippen molar-refractivity contribution < 1.29 is 4.74 Å². The largest absolute Gasteiger partial charge is 0.497 e. The summed E-state index contributed by atoms with van der Waals surface area (Å²) in [6, 6.07) is 7.33.